The van der Waals surface area contributed by atoms with E-state index >= 15 is 0 Å². The van der Waals surface area contributed by atoms with Crippen LogP contribution in [0.3, 0.4) is 0 Å². The Hall–Kier alpha value is -3.33. The number of carbonyl (C=O) groups is 2. The Balaban J connectivity index is 1.35. The highest BCUT2D eigenvalue weighted by Crippen LogP contribution is 2.45. The van der Waals surface area contributed by atoms with Gasteiger partial charge in [-0.05, 0) is 41.5 Å². The minimum Gasteiger partial charge on any atom is -0.369 e. The number of hydrogen-bond acceptors (Lipinski definition) is 6. The number of carbonyl (C=O) groups excluding carboxylic acids is 2. The molecule has 0 spiro atoms. The minimum atomic E-state index is -0.315. The molecule has 160 valence electrons. The number of primary amides is 1. The maximum Gasteiger partial charge on any atom is 0.315 e. The molecule has 1 aromatic carbocycles. The molecule has 1 aliphatic heterocycles. The summed E-state index contributed by atoms with van der Waals surface area (Å²) in [4.78, 5) is 32.3. The molecule has 6 N–H and O–H groups in total. The lowest BCUT2D eigenvalue weighted by atomic mass is 9.88. The van der Waals surface area contributed by atoms with Gasteiger partial charge >= 0.3 is 6.03 Å². The Morgan fingerprint density at radius 1 is 1.16 bits per heavy atom. The highest BCUT2D eigenvalue weighted by molar-refractivity contribution is 6.32. The van der Waals surface area contributed by atoms with Crippen molar-refractivity contribution in [3.05, 3.63) is 52.7 Å². The van der Waals surface area contributed by atoms with Gasteiger partial charge in [-0.25, -0.2) is 9.78 Å². The summed E-state index contributed by atoms with van der Waals surface area (Å²) in [6, 6.07) is 5.49. The number of urea groups is 1. The summed E-state index contributed by atoms with van der Waals surface area (Å²) in [6.45, 7) is 0.920. The third-order valence-electron chi connectivity index (χ3n) is 6.18. The second kappa shape index (κ2) is 7.73. The van der Waals surface area contributed by atoms with Gasteiger partial charge < -0.3 is 27.0 Å². The molecule has 3 aliphatic rings. The summed E-state index contributed by atoms with van der Waals surface area (Å²) < 4.78 is 0. The third kappa shape index (κ3) is 3.76. The smallest absolute Gasteiger partial charge is 0.315 e. The summed E-state index contributed by atoms with van der Waals surface area (Å²) in [6.07, 6.45) is 6.62. The predicted octanol–water partition coefficient (Wildman–Crippen LogP) is 2.27. The summed E-state index contributed by atoms with van der Waals surface area (Å²) >= 11 is 6.34. The molecule has 2 heterocycles. The van der Waals surface area contributed by atoms with Crippen LogP contribution in [0.15, 0.2) is 36.5 Å². The van der Waals surface area contributed by atoms with Crippen molar-refractivity contribution in [2.24, 2.45) is 23.5 Å². The number of nitrogens with two attached hydrogens (primary N) is 1. The standard InChI is InChI=1S/C21H22ClN7O2/c22-15-9-24-20(27-14-4-3-12-7-25-21(31)26-8-13(12)6-14)29-19(15)28-17-11-2-1-10(5-11)16(17)18(23)30/h1-4,6,9-11,16-17H,5,7-8H2,(H2,23,30)(H2,25,26,31)(H2,24,27,28,29). The van der Waals surface area contributed by atoms with Crippen molar-refractivity contribution in [1.82, 2.24) is 20.6 Å². The van der Waals surface area contributed by atoms with Crippen molar-refractivity contribution in [2.45, 2.75) is 25.6 Å². The second-order valence-corrected chi connectivity index (χ2v) is 8.49. The first-order chi connectivity index (χ1) is 15.0. The molecule has 0 saturated heterocycles. The number of aromatic nitrogens is 2. The summed E-state index contributed by atoms with van der Waals surface area (Å²) in [7, 11) is 0. The number of nitrogens with zero attached hydrogens (tertiary/aromatic N) is 2. The minimum absolute atomic E-state index is 0.142. The molecule has 1 aromatic heterocycles. The Kier molecular flexibility index (Phi) is 4.90. The van der Waals surface area contributed by atoms with Crippen molar-refractivity contribution < 1.29 is 9.59 Å². The molecule has 9 nitrogen and oxygen atoms in total. The molecule has 3 amide bonds. The fourth-order valence-corrected chi connectivity index (χ4v) is 4.82. The number of benzene rings is 1. The summed E-state index contributed by atoms with van der Waals surface area (Å²) in [5.74, 6) is 0.612. The zero-order valence-electron chi connectivity index (χ0n) is 16.6. The summed E-state index contributed by atoms with van der Waals surface area (Å²) in [5, 5.41) is 12.5. The van der Waals surface area contributed by atoms with Crippen LogP contribution in [0.25, 0.3) is 0 Å². The topological polar surface area (TPSA) is 134 Å². The average molecular weight is 440 g/mol. The van der Waals surface area contributed by atoms with Crippen molar-refractivity contribution in [3.8, 4) is 0 Å². The van der Waals surface area contributed by atoms with Crippen LogP contribution in [0.4, 0.5) is 22.2 Å². The van der Waals surface area contributed by atoms with E-state index < -0.39 is 0 Å². The lowest BCUT2D eigenvalue weighted by molar-refractivity contribution is -0.122. The fraction of sp³-hybridized carbons (Fsp3) is 0.333. The van der Waals surface area contributed by atoms with Gasteiger partial charge in [0.25, 0.3) is 0 Å². The zero-order valence-corrected chi connectivity index (χ0v) is 17.3. The molecule has 0 radical (unpaired) electrons. The molecule has 2 aromatic rings. The maximum atomic E-state index is 12.0. The van der Waals surface area contributed by atoms with E-state index in [9.17, 15) is 9.59 Å². The molecule has 4 atom stereocenters. The van der Waals surface area contributed by atoms with Gasteiger partial charge in [-0.15, -0.1) is 0 Å². The first kappa shape index (κ1) is 19.6. The van der Waals surface area contributed by atoms with Gasteiger partial charge in [0, 0.05) is 24.8 Å². The second-order valence-electron chi connectivity index (χ2n) is 8.08. The van der Waals surface area contributed by atoms with Crippen LogP contribution in [-0.4, -0.2) is 27.9 Å². The Morgan fingerprint density at radius 2 is 1.94 bits per heavy atom. The number of anilines is 3. The Morgan fingerprint density at radius 3 is 2.74 bits per heavy atom. The van der Waals surface area contributed by atoms with Crippen molar-refractivity contribution in [2.75, 3.05) is 10.6 Å². The van der Waals surface area contributed by atoms with E-state index in [1.807, 2.05) is 18.2 Å². The largest absolute Gasteiger partial charge is 0.369 e. The number of halogens is 1. The van der Waals surface area contributed by atoms with Crippen LogP contribution in [-0.2, 0) is 17.9 Å². The first-order valence-corrected chi connectivity index (χ1v) is 10.5. The fourth-order valence-electron chi connectivity index (χ4n) is 4.68. The normalized spacial score (nSPS) is 25.9. The maximum absolute atomic E-state index is 12.0. The average Bonchev–Trinajstić information content (AvgIpc) is 3.30. The zero-order chi connectivity index (χ0) is 21.5. The van der Waals surface area contributed by atoms with Gasteiger partial charge in [-0.2, -0.15) is 4.98 Å². The molecular formula is C21H22ClN7O2. The van der Waals surface area contributed by atoms with E-state index in [0.717, 1.165) is 23.2 Å². The van der Waals surface area contributed by atoms with Gasteiger partial charge in [0.2, 0.25) is 11.9 Å². The molecular weight excluding hydrogens is 418 g/mol. The van der Waals surface area contributed by atoms with E-state index in [2.05, 4.69) is 43.4 Å². The van der Waals surface area contributed by atoms with Gasteiger partial charge in [-0.3, -0.25) is 4.79 Å². The number of hydrogen-bond donors (Lipinski definition) is 5. The quantitative estimate of drug-likeness (QED) is 0.454. The number of nitrogens with one attached hydrogen (secondary N) is 4. The van der Waals surface area contributed by atoms with Gasteiger partial charge in [0.05, 0.1) is 12.1 Å². The highest BCUT2D eigenvalue weighted by Gasteiger charge is 2.47. The van der Waals surface area contributed by atoms with E-state index in [4.69, 9.17) is 17.3 Å². The Bertz CT molecular complexity index is 1090. The molecule has 5 rings (SSSR count). The number of rotatable bonds is 5. The van der Waals surface area contributed by atoms with Gasteiger partial charge in [0.15, 0.2) is 5.82 Å². The van der Waals surface area contributed by atoms with Crippen LogP contribution >= 0.6 is 11.6 Å². The monoisotopic (exact) mass is 439 g/mol. The first-order valence-electron chi connectivity index (χ1n) is 10.1. The van der Waals surface area contributed by atoms with Crippen LogP contribution in [0, 0.1) is 17.8 Å². The molecule has 2 aliphatic carbocycles. The van der Waals surface area contributed by atoms with Crippen LogP contribution in [0.1, 0.15) is 17.5 Å². The van der Waals surface area contributed by atoms with Crippen LogP contribution < -0.4 is 27.0 Å². The Labute approximate surface area is 183 Å². The highest BCUT2D eigenvalue weighted by atomic mass is 35.5. The van der Waals surface area contributed by atoms with Crippen molar-refractivity contribution >= 4 is 41.0 Å². The van der Waals surface area contributed by atoms with Gasteiger partial charge in [-0.1, -0.05) is 29.8 Å². The molecule has 1 fully saturated rings. The number of allylic oxidation sites excluding steroid dienone is 1. The predicted molar refractivity (Wildman–Crippen MR) is 117 cm³/mol. The molecule has 4 unspecified atom stereocenters. The van der Waals surface area contributed by atoms with E-state index in [0.29, 0.717) is 29.9 Å². The lowest BCUT2D eigenvalue weighted by Crippen LogP contribution is -2.41. The van der Waals surface area contributed by atoms with Crippen molar-refractivity contribution in [1.29, 1.82) is 0 Å². The third-order valence-corrected chi connectivity index (χ3v) is 6.45. The molecule has 10 heteroatoms. The van der Waals surface area contributed by atoms with Gasteiger partial charge in [0.1, 0.15) is 5.02 Å². The number of amides is 3. The SMILES string of the molecule is NC(=O)C1C2C=CC(C2)C1Nc1nc(Nc2ccc3c(c2)CNC(=O)NC3)ncc1Cl. The molecule has 2 bridgehead atoms. The van der Waals surface area contributed by atoms with E-state index in [1.54, 1.807) is 0 Å². The van der Waals surface area contributed by atoms with Crippen LogP contribution in [0.2, 0.25) is 5.02 Å². The van der Waals surface area contributed by atoms with E-state index in [1.165, 1.54) is 6.20 Å². The molecule has 1 saturated carbocycles. The number of fused-ring (bicyclic) bond motifs is 3. The summed E-state index contributed by atoms with van der Waals surface area (Å²) in [5.41, 5.74) is 8.50. The molecule has 31 heavy (non-hydrogen) atoms. The van der Waals surface area contributed by atoms with E-state index in [-0.39, 0.29) is 35.7 Å². The van der Waals surface area contributed by atoms with Crippen molar-refractivity contribution in [3.63, 3.8) is 0 Å². The lowest BCUT2D eigenvalue weighted by Gasteiger charge is -2.27. The van der Waals surface area contributed by atoms with Crippen LogP contribution in [0.5, 0.6) is 0 Å².